The largest absolute Gasteiger partial charge is 0.312 e. The fourth-order valence-electron chi connectivity index (χ4n) is 2.33. The summed E-state index contributed by atoms with van der Waals surface area (Å²) in [5.74, 6) is 0.856. The van der Waals surface area contributed by atoms with Crippen molar-refractivity contribution in [2.75, 3.05) is 26.2 Å². The molecule has 0 spiro atoms. The van der Waals surface area contributed by atoms with Gasteiger partial charge in [-0.1, -0.05) is 20.8 Å². The first-order valence-corrected chi connectivity index (χ1v) is 6.23. The molecule has 1 N–H and O–H groups in total. The number of hydrogen-bond acceptors (Lipinski definition) is 2. The van der Waals surface area contributed by atoms with Crippen molar-refractivity contribution in [1.29, 1.82) is 0 Å². The molecule has 1 heterocycles. The van der Waals surface area contributed by atoms with Crippen LogP contribution in [0.25, 0.3) is 0 Å². The summed E-state index contributed by atoms with van der Waals surface area (Å²) >= 11 is 0. The Morgan fingerprint density at radius 2 is 2.14 bits per heavy atom. The van der Waals surface area contributed by atoms with E-state index >= 15 is 0 Å². The van der Waals surface area contributed by atoms with Crippen LogP contribution in [0.1, 0.15) is 40.0 Å². The number of nitrogens with zero attached hydrogens (tertiary/aromatic N) is 1. The Hall–Kier alpha value is -0.0800. The predicted molar refractivity (Wildman–Crippen MR) is 62.6 cm³/mol. The molecule has 0 aromatic heterocycles. The van der Waals surface area contributed by atoms with Crippen molar-refractivity contribution in [3.8, 4) is 0 Å². The molecule has 2 heteroatoms. The topological polar surface area (TPSA) is 15.3 Å². The van der Waals surface area contributed by atoms with Gasteiger partial charge in [0.05, 0.1) is 0 Å². The molecular weight excluding hydrogens is 172 g/mol. The van der Waals surface area contributed by atoms with Gasteiger partial charge in [0.15, 0.2) is 0 Å². The molecule has 0 aromatic rings. The lowest BCUT2D eigenvalue weighted by Crippen LogP contribution is -2.48. The SMILES string of the molecule is CCCN(CC)CC1NCCCC1C. The van der Waals surface area contributed by atoms with E-state index in [0.717, 1.165) is 12.0 Å². The van der Waals surface area contributed by atoms with E-state index in [2.05, 4.69) is 31.0 Å². The molecule has 2 unspecified atom stereocenters. The number of nitrogens with one attached hydrogen (secondary N) is 1. The Morgan fingerprint density at radius 1 is 1.36 bits per heavy atom. The van der Waals surface area contributed by atoms with Gasteiger partial charge in [-0.3, -0.25) is 0 Å². The minimum absolute atomic E-state index is 0.732. The first kappa shape index (κ1) is 12.0. The molecule has 0 aromatic carbocycles. The molecule has 2 nitrogen and oxygen atoms in total. The average Bonchev–Trinajstić information content (AvgIpc) is 2.20. The highest BCUT2D eigenvalue weighted by Gasteiger charge is 2.21. The van der Waals surface area contributed by atoms with Crippen molar-refractivity contribution in [2.24, 2.45) is 5.92 Å². The maximum Gasteiger partial charge on any atom is 0.0220 e. The molecule has 14 heavy (non-hydrogen) atoms. The second kappa shape index (κ2) is 6.41. The maximum atomic E-state index is 3.65. The van der Waals surface area contributed by atoms with Gasteiger partial charge in [-0.15, -0.1) is 0 Å². The number of likely N-dealkylation sites (N-methyl/N-ethyl adjacent to an activating group) is 1. The van der Waals surface area contributed by atoms with Gasteiger partial charge in [0.2, 0.25) is 0 Å². The van der Waals surface area contributed by atoms with Gasteiger partial charge in [0.25, 0.3) is 0 Å². The average molecular weight is 198 g/mol. The first-order valence-electron chi connectivity index (χ1n) is 6.23. The predicted octanol–water partition coefficient (Wildman–Crippen LogP) is 2.11. The van der Waals surface area contributed by atoms with E-state index in [1.54, 1.807) is 0 Å². The van der Waals surface area contributed by atoms with Crippen LogP contribution in [0.15, 0.2) is 0 Å². The zero-order valence-corrected chi connectivity index (χ0v) is 10.1. The molecule has 0 radical (unpaired) electrons. The summed E-state index contributed by atoms with van der Waals surface area (Å²) in [6.07, 6.45) is 4.04. The van der Waals surface area contributed by atoms with Crippen molar-refractivity contribution in [3.05, 3.63) is 0 Å². The van der Waals surface area contributed by atoms with Crippen LogP contribution in [-0.2, 0) is 0 Å². The van der Waals surface area contributed by atoms with Crippen LogP contribution in [0, 0.1) is 5.92 Å². The number of rotatable bonds is 5. The zero-order valence-electron chi connectivity index (χ0n) is 10.1. The summed E-state index contributed by atoms with van der Waals surface area (Å²) in [6.45, 7) is 11.8. The maximum absolute atomic E-state index is 3.65. The summed E-state index contributed by atoms with van der Waals surface area (Å²) in [5.41, 5.74) is 0. The molecule has 0 saturated carbocycles. The van der Waals surface area contributed by atoms with E-state index in [0.29, 0.717) is 0 Å². The minimum Gasteiger partial charge on any atom is -0.312 e. The Labute approximate surface area is 89.1 Å². The molecule has 1 aliphatic heterocycles. The highest BCUT2D eigenvalue weighted by molar-refractivity contribution is 4.81. The highest BCUT2D eigenvalue weighted by Crippen LogP contribution is 2.16. The second-order valence-electron chi connectivity index (χ2n) is 4.57. The van der Waals surface area contributed by atoms with Gasteiger partial charge in [-0.2, -0.15) is 0 Å². The molecule has 0 bridgehead atoms. The van der Waals surface area contributed by atoms with Crippen molar-refractivity contribution in [3.63, 3.8) is 0 Å². The van der Waals surface area contributed by atoms with Crippen LogP contribution in [0.3, 0.4) is 0 Å². The zero-order chi connectivity index (χ0) is 10.4. The standard InChI is InChI=1S/C12H26N2/c1-4-9-14(5-2)10-12-11(3)7-6-8-13-12/h11-13H,4-10H2,1-3H3. The van der Waals surface area contributed by atoms with Gasteiger partial charge >= 0.3 is 0 Å². The fourth-order valence-corrected chi connectivity index (χ4v) is 2.33. The third-order valence-corrected chi connectivity index (χ3v) is 3.37. The summed E-state index contributed by atoms with van der Waals surface area (Å²) < 4.78 is 0. The lowest BCUT2D eigenvalue weighted by Gasteiger charge is -2.34. The van der Waals surface area contributed by atoms with Gasteiger partial charge in [0.1, 0.15) is 0 Å². The molecule has 1 saturated heterocycles. The third kappa shape index (κ3) is 3.58. The molecular formula is C12H26N2. The van der Waals surface area contributed by atoms with Crippen molar-refractivity contribution in [2.45, 2.75) is 46.1 Å². The van der Waals surface area contributed by atoms with Gasteiger partial charge in [-0.05, 0) is 44.8 Å². The molecule has 84 valence electrons. The van der Waals surface area contributed by atoms with E-state index in [1.807, 2.05) is 0 Å². The Morgan fingerprint density at radius 3 is 2.71 bits per heavy atom. The van der Waals surface area contributed by atoms with Gasteiger partial charge in [0, 0.05) is 12.6 Å². The highest BCUT2D eigenvalue weighted by atomic mass is 15.1. The summed E-state index contributed by atoms with van der Waals surface area (Å²) in [5, 5.41) is 3.65. The quantitative estimate of drug-likeness (QED) is 0.728. The smallest absolute Gasteiger partial charge is 0.0220 e. The molecule has 1 fully saturated rings. The van der Waals surface area contributed by atoms with E-state index in [9.17, 15) is 0 Å². The molecule has 1 aliphatic rings. The molecule has 1 rings (SSSR count). The molecule has 2 atom stereocenters. The fraction of sp³-hybridized carbons (Fsp3) is 1.00. The molecule has 0 aliphatic carbocycles. The van der Waals surface area contributed by atoms with Crippen LogP contribution in [0.5, 0.6) is 0 Å². The van der Waals surface area contributed by atoms with Crippen molar-refractivity contribution < 1.29 is 0 Å². The Balaban J connectivity index is 2.31. The third-order valence-electron chi connectivity index (χ3n) is 3.37. The Kier molecular flexibility index (Phi) is 5.49. The van der Waals surface area contributed by atoms with Crippen LogP contribution < -0.4 is 5.32 Å². The van der Waals surface area contributed by atoms with Gasteiger partial charge < -0.3 is 10.2 Å². The first-order chi connectivity index (χ1) is 6.77. The van der Waals surface area contributed by atoms with E-state index in [-0.39, 0.29) is 0 Å². The lowest BCUT2D eigenvalue weighted by atomic mass is 9.92. The van der Waals surface area contributed by atoms with E-state index in [4.69, 9.17) is 0 Å². The van der Waals surface area contributed by atoms with Crippen LogP contribution in [0.2, 0.25) is 0 Å². The lowest BCUT2D eigenvalue weighted by molar-refractivity contribution is 0.197. The number of hydrogen-bond donors (Lipinski definition) is 1. The molecule has 0 amide bonds. The van der Waals surface area contributed by atoms with E-state index in [1.165, 1.54) is 45.4 Å². The second-order valence-corrected chi connectivity index (χ2v) is 4.57. The van der Waals surface area contributed by atoms with Crippen LogP contribution >= 0.6 is 0 Å². The minimum atomic E-state index is 0.732. The normalized spacial score (nSPS) is 28.3. The van der Waals surface area contributed by atoms with E-state index < -0.39 is 0 Å². The summed E-state index contributed by atoms with van der Waals surface area (Å²) in [4.78, 5) is 2.57. The Bertz CT molecular complexity index is 147. The van der Waals surface area contributed by atoms with Crippen LogP contribution in [-0.4, -0.2) is 37.1 Å². The van der Waals surface area contributed by atoms with Crippen molar-refractivity contribution >= 4 is 0 Å². The van der Waals surface area contributed by atoms with Crippen LogP contribution in [0.4, 0.5) is 0 Å². The van der Waals surface area contributed by atoms with Crippen molar-refractivity contribution in [1.82, 2.24) is 10.2 Å². The number of piperidine rings is 1. The van der Waals surface area contributed by atoms with Gasteiger partial charge in [-0.25, -0.2) is 0 Å². The monoisotopic (exact) mass is 198 g/mol. The summed E-state index contributed by atoms with van der Waals surface area (Å²) in [7, 11) is 0. The summed E-state index contributed by atoms with van der Waals surface area (Å²) in [6, 6.07) is 0.732.